The SMILES string of the molecule is C1=CCCC1.N.[B]. The lowest BCUT2D eigenvalue weighted by Gasteiger charge is -1.69. The van der Waals surface area contributed by atoms with Crippen LogP contribution in [0.1, 0.15) is 19.3 Å². The van der Waals surface area contributed by atoms with Crippen LogP contribution in [0.3, 0.4) is 0 Å². The number of hydrogen-bond acceptors (Lipinski definition) is 1. The molecule has 0 aromatic rings. The van der Waals surface area contributed by atoms with Crippen LogP contribution >= 0.6 is 0 Å². The van der Waals surface area contributed by atoms with Crippen molar-refractivity contribution >= 4 is 8.41 Å². The summed E-state index contributed by atoms with van der Waals surface area (Å²) in [5.74, 6) is 0. The van der Waals surface area contributed by atoms with Crippen molar-refractivity contribution in [1.29, 1.82) is 0 Å². The Hall–Kier alpha value is -0.235. The van der Waals surface area contributed by atoms with Crippen LogP contribution in [0, 0.1) is 0 Å². The Balaban J connectivity index is 0. The second kappa shape index (κ2) is 5.76. The third-order valence-corrected chi connectivity index (χ3v) is 0.908. The lowest BCUT2D eigenvalue weighted by Crippen LogP contribution is -1.50. The summed E-state index contributed by atoms with van der Waals surface area (Å²) in [4.78, 5) is 0. The van der Waals surface area contributed by atoms with E-state index in [1.54, 1.807) is 0 Å². The Morgan fingerprint density at radius 1 is 1.00 bits per heavy atom. The van der Waals surface area contributed by atoms with Gasteiger partial charge in [-0.05, 0) is 19.3 Å². The zero-order chi connectivity index (χ0) is 3.54. The molecule has 1 aliphatic rings. The standard InChI is InChI=1S/C5H8.B.H3N/c1-2-4-5-3-1;;/h1-2H,3-5H2;;1H3. The molecule has 0 aromatic carbocycles. The summed E-state index contributed by atoms with van der Waals surface area (Å²) in [6.07, 6.45) is 8.50. The van der Waals surface area contributed by atoms with E-state index in [0.717, 1.165) is 0 Å². The lowest BCUT2D eigenvalue weighted by atomic mass is 10.4. The van der Waals surface area contributed by atoms with Gasteiger partial charge in [0.2, 0.25) is 0 Å². The first-order valence-corrected chi connectivity index (χ1v) is 2.15. The van der Waals surface area contributed by atoms with Gasteiger partial charge in [-0.3, -0.25) is 0 Å². The molecule has 0 fully saturated rings. The maximum Gasteiger partial charge on any atom is 0 e. The molecule has 3 N–H and O–H groups in total. The molecule has 0 atom stereocenters. The maximum absolute atomic E-state index is 2.24. The quantitative estimate of drug-likeness (QED) is 0.360. The summed E-state index contributed by atoms with van der Waals surface area (Å²) in [6, 6.07) is 0. The molecule has 39 valence electrons. The van der Waals surface area contributed by atoms with Crippen molar-refractivity contribution in [2.75, 3.05) is 0 Å². The van der Waals surface area contributed by atoms with Gasteiger partial charge in [0, 0.05) is 8.41 Å². The second-order valence-electron chi connectivity index (χ2n) is 1.40. The van der Waals surface area contributed by atoms with Gasteiger partial charge in [0.1, 0.15) is 0 Å². The molecule has 0 amide bonds. The van der Waals surface area contributed by atoms with Crippen molar-refractivity contribution < 1.29 is 0 Å². The zero-order valence-electron chi connectivity index (χ0n) is 4.56. The zero-order valence-corrected chi connectivity index (χ0v) is 4.56. The monoisotopic (exact) mass is 96.1 g/mol. The van der Waals surface area contributed by atoms with E-state index in [1.165, 1.54) is 19.3 Å². The molecule has 0 spiro atoms. The molecular weight excluding hydrogens is 84.9 g/mol. The van der Waals surface area contributed by atoms with Crippen LogP contribution in [0.2, 0.25) is 0 Å². The van der Waals surface area contributed by atoms with E-state index in [4.69, 9.17) is 0 Å². The van der Waals surface area contributed by atoms with E-state index in [2.05, 4.69) is 12.2 Å². The van der Waals surface area contributed by atoms with Gasteiger partial charge in [-0.2, -0.15) is 0 Å². The van der Waals surface area contributed by atoms with Gasteiger partial charge in [0.05, 0.1) is 0 Å². The summed E-state index contributed by atoms with van der Waals surface area (Å²) in [7, 11) is 0. The smallest absolute Gasteiger partial charge is 0 e. The highest BCUT2D eigenvalue weighted by atomic mass is 14.0. The minimum Gasteiger partial charge on any atom is -0.344 e. The van der Waals surface area contributed by atoms with E-state index >= 15 is 0 Å². The summed E-state index contributed by atoms with van der Waals surface area (Å²) in [5.41, 5.74) is 0. The van der Waals surface area contributed by atoms with E-state index in [9.17, 15) is 0 Å². The Morgan fingerprint density at radius 2 is 1.43 bits per heavy atom. The average Bonchev–Trinajstić information content (AvgIpc) is 1.76. The average molecular weight is 96.0 g/mol. The van der Waals surface area contributed by atoms with Gasteiger partial charge in [-0.25, -0.2) is 0 Å². The first-order valence-electron chi connectivity index (χ1n) is 2.15. The molecule has 0 heterocycles. The van der Waals surface area contributed by atoms with Crippen molar-refractivity contribution in [3.63, 3.8) is 0 Å². The van der Waals surface area contributed by atoms with Crippen LogP contribution in [-0.4, -0.2) is 8.41 Å². The Kier molecular flexibility index (Phi) is 8.16. The molecular formula is C5H11BN. The lowest BCUT2D eigenvalue weighted by molar-refractivity contribution is 0.929. The Bertz CT molecular complexity index is 46.0. The molecule has 0 aliphatic heterocycles. The van der Waals surface area contributed by atoms with Gasteiger partial charge >= 0.3 is 0 Å². The van der Waals surface area contributed by atoms with Crippen LogP contribution < -0.4 is 6.15 Å². The minimum absolute atomic E-state index is 0. The molecule has 1 aliphatic carbocycles. The Morgan fingerprint density at radius 3 is 1.57 bits per heavy atom. The van der Waals surface area contributed by atoms with Crippen LogP contribution in [-0.2, 0) is 0 Å². The third kappa shape index (κ3) is 3.60. The molecule has 1 rings (SSSR count). The number of rotatable bonds is 0. The normalized spacial score (nSPS) is 14.9. The molecule has 3 radical (unpaired) electrons. The highest BCUT2D eigenvalue weighted by Crippen LogP contribution is 2.05. The molecule has 0 saturated heterocycles. The van der Waals surface area contributed by atoms with Crippen LogP contribution in [0.25, 0.3) is 0 Å². The van der Waals surface area contributed by atoms with E-state index in [-0.39, 0.29) is 14.6 Å². The number of hydrogen-bond donors (Lipinski definition) is 1. The van der Waals surface area contributed by atoms with Crippen molar-refractivity contribution in [3.8, 4) is 0 Å². The number of allylic oxidation sites excluding steroid dienone is 2. The first kappa shape index (κ1) is 9.90. The van der Waals surface area contributed by atoms with Gasteiger partial charge in [-0.15, -0.1) is 0 Å². The van der Waals surface area contributed by atoms with Gasteiger partial charge in [0.15, 0.2) is 0 Å². The van der Waals surface area contributed by atoms with Crippen LogP contribution in [0.5, 0.6) is 0 Å². The first-order chi connectivity index (χ1) is 2.50. The van der Waals surface area contributed by atoms with Gasteiger partial charge < -0.3 is 6.15 Å². The van der Waals surface area contributed by atoms with Gasteiger partial charge in [-0.1, -0.05) is 12.2 Å². The van der Waals surface area contributed by atoms with Crippen LogP contribution in [0.15, 0.2) is 12.2 Å². The minimum atomic E-state index is 0. The van der Waals surface area contributed by atoms with Crippen LogP contribution in [0.4, 0.5) is 0 Å². The molecule has 7 heavy (non-hydrogen) atoms. The Labute approximate surface area is 47.0 Å². The summed E-state index contributed by atoms with van der Waals surface area (Å²) in [6.45, 7) is 0. The van der Waals surface area contributed by atoms with Crippen molar-refractivity contribution in [1.82, 2.24) is 6.15 Å². The van der Waals surface area contributed by atoms with E-state index in [0.29, 0.717) is 0 Å². The molecule has 0 saturated carbocycles. The second-order valence-corrected chi connectivity index (χ2v) is 1.40. The fourth-order valence-corrected chi connectivity index (χ4v) is 0.589. The molecule has 0 bridgehead atoms. The van der Waals surface area contributed by atoms with Crippen molar-refractivity contribution in [2.24, 2.45) is 0 Å². The van der Waals surface area contributed by atoms with Crippen molar-refractivity contribution in [3.05, 3.63) is 12.2 Å². The van der Waals surface area contributed by atoms with E-state index in [1.807, 2.05) is 0 Å². The fourth-order valence-electron chi connectivity index (χ4n) is 0.589. The summed E-state index contributed by atoms with van der Waals surface area (Å²) < 4.78 is 0. The maximum atomic E-state index is 2.24. The summed E-state index contributed by atoms with van der Waals surface area (Å²) >= 11 is 0. The molecule has 0 aromatic heterocycles. The third-order valence-electron chi connectivity index (χ3n) is 0.908. The topological polar surface area (TPSA) is 35.0 Å². The highest BCUT2D eigenvalue weighted by Gasteiger charge is 1.84. The largest absolute Gasteiger partial charge is 0.344 e. The van der Waals surface area contributed by atoms with E-state index < -0.39 is 0 Å². The molecule has 0 unspecified atom stereocenters. The van der Waals surface area contributed by atoms with Gasteiger partial charge in [0.25, 0.3) is 0 Å². The summed E-state index contributed by atoms with van der Waals surface area (Å²) in [5, 5.41) is 0. The predicted molar refractivity (Wildman–Crippen MR) is 33.8 cm³/mol. The fraction of sp³-hybridized carbons (Fsp3) is 0.600. The highest BCUT2D eigenvalue weighted by molar-refractivity contribution is 5.75. The molecule has 2 heteroatoms. The molecule has 1 nitrogen and oxygen atoms in total. The predicted octanol–water partition coefficient (Wildman–Crippen LogP) is 1.51. The van der Waals surface area contributed by atoms with Crippen molar-refractivity contribution in [2.45, 2.75) is 19.3 Å².